The van der Waals surface area contributed by atoms with Crippen LogP contribution in [0.1, 0.15) is 35.8 Å². The predicted molar refractivity (Wildman–Crippen MR) is 72.5 cm³/mol. The maximum absolute atomic E-state index is 11.9. The van der Waals surface area contributed by atoms with Crippen molar-refractivity contribution in [2.75, 3.05) is 0 Å². The van der Waals surface area contributed by atoms with Gasteiger partial charge in [0.25, 0.3) is 5.91 Å². The lowest BCUT2D eigenvalue weighted by Crippen LogP contribution is -2.45. The maximum atomic E-state index is 11.9. The minimum atomic E-state index is -1.07. The van der Waals surface area contributed by atoms with Gasteiger partial charge in [0.05, 0.1) is 6.20 Å². The van der Waals surface area contributed by atoms with Crippen molar-refractivity contribution >= 4 is 17.9 Å². The Morgan fingerprint density at radius 2 is 2.10 bits per heavy atom. The third kappa shape index (κ3) is 3.80. The monoisotopic (exact) mass is 294 g/mol. The topological polar surface area (TPSA) is 102 Å². The molecule has 1 aliphatic carbocycles. The molecule has 1 saturated carbocycles. The Morgan fingerprint density at radius 1 is 1.43 bits per heavy atom. The second-order valence-electron chi connectivity index (χ2n) is 5.05. The summed E-state index contributed by atoms with van der Waals surface area (Å²) in [6.45, 7) is 3.13. The largest absolute Gasteiger partial charge is 0.449 e. The summed E-state index contributed by atoms with van der Waals surface area (Å²) in [6, 6.07) is -0.420. The highest BCUT2D eigenvalue weighted by Crippen LogP contribution is 2.18. The van der Waals surface area contributed by atoms with Gasteiger partial charge in [0.15, 0.2) is 6.10 Å². The zero-order valence-corrected chi connectivity index (χ0v) is 12.2. The molecule has 0 spiro atoms. The van der Waals surface area contributed by atoms with Crippen LogP contribution in [0.15, 0.2) is 6.20 Å². The highest BCUT2D eigenvalue weighted by atomic mass is 16.5. The van der Waals surface area contributed by atoms with Crippen molar-refractivity contribution in [1.29, 1.82) is 0 Å². The van der Waals surface area contributed by atoms with Crippen LogP contribution in [-0.4, -0.2) is 39.8 Å². The van der Waals surface area contributed by atoms with E-state index in [1.54, 1.807) is 14.0 Å². The van der Waals surface area contributed by atoms with E-state index < -0.39 is 24.0 Å². The third-order valence-corrected chi connectivity index (χ3v) is 3.26. The van der Waals surface area contributed by atoms with Gasteiger partial charge in [-0.05, 0) is 26.7 Å². The fourth-order valence-corrected chi connectivity index (χ4v) is 1.64. The molecule has 1 aromatic rings. The fourth-order valence-electron chi connectivity index (χ4n) is 1.64. The van der Waals surface area contributed by atoms with Gasteiger partial charge in [0, 0.05) is 18.8 Å². The second kappa shape index (κ2) is 5.94. The van der Waals surface area contributed by atoms with Crippen LogP contribution in [0.3, 0.4) is 0 Å². The summed E-state index contributed by atoms with van der Waals surface area (Å²) in [4.78, 5) is 35.1. The smallest absolute Gasteiger partial charge is 0.342 e. The molecule has 0 saturated heterocycles. The molecule has 1 aliphatic rings. The molecule has 0 radical (unpaired) electrons. The Labute approximate surface area is 121 Å². The molecule has 2 N–H and O–H groups in total. The molecule has 1 aromatic heterocycles. The van der Waals surface area contributed by atoms with E-state index >= 15 is 0 Å². The lowest BCUT2D eigenvalue weighted by molar-refractivity contribution is -0.127. The zero-order chi connectivity index (χ0) is 15.6. The van der Waals surface area contributed by atoms with Gasteiger partial charge in [-0.1, -0.05) is 0 Å². The lowest BCUT2D eigenvalue weighted by Gasteiger charge is -2.13. The highest BCUT2D eigenvalue weighted by Gasteiger charge is 2.26. The van der Waals surface area contributed by atoms with Gasteiger partial charge in [-0.2, -0.15) is 5.10 Å². The van der Waals surface area contributed by atoms with Crippen LogP contribution in [0.25, 0.3) is 0 Å². The first-order valence-corrected chi connectivity index (χ1v) is 6.69. The SMILES string of the molecule is Cc1c(C(=O)O[C@@H](C)C(=O)NC(=O)NC2CC2)cnn1C. The van der Waals surface area contributed by atoms with Gasteiger partial charge in [0.2, 0.25) is 0 Å². The Morgan fingerprint density at radius 3 is 2.62 bits per heavy atom. The number of amides is 3. The number of aryl methyl sites for hydroxylation is 1. The Kier molecular flexibility index (Phi) is 4.25. The van der Waals surface area contributed by atoms with Crippen LogP contribution in [0.2, 0.25) is 0 Å². The number of nitrogens with zero attached hydrogens (tertiary/aromatic N) is 2. The van der Waals surface area contributed by atoms with E-state index in [1.165, 1.54) is 17.8 Å². The molecule has 3 amide bonds. The molecule has 8 heteroatoms. The standard InChI is InChI=1S/C13H18N4O4/c1-7-10(6-14-17(7)3)12(19)21-8(2)11(18)16-13(20)15-9-4-5-9/h6,8-9H,4-5H2,1-3H3,(H2,15,16,18,20)/t8-/m0/s1. The molecule has 8 nitrogen and oxygen atoms in total. The van der Waals surface area contributed by atoms with Gasteiger partial charge < -0.3 is 10.1 Å². The van der Waals surface area contributed by atoms with Crippen LogP contribution < -0.4 is 10.6 Å². The highest BCUT2D eigenvalue weighted by molar-refractivity contribution is 5.98. The van der Waals surface area contributed by atoms with Gasteiger partial charge in [-0.25, -0.2) is 9.59 Å². The average Bonchev–Trinajstić information content (AvgIpc) is 3.15. The van der Waals surface area contributed by atoms with Gasteiger partial charge >= 0.3 is 12.0 Å². The maximum Gasteiger partial charge on any atom is 0.342 e. The van der Waals surface area contributed by atoms with Crippen LogP contribution in [0, 0.1) is 6.92 Å². The quantitative estimate of drug-likeness (QED) is 0.776. The number of hydrogen-bond acceptors (Lipinski definition) is 5. The van der Waals surface area contributed by atoms with Crippen molar-refractivity contribution < 1.29 is 19.1 Å². The van der Waals surface area contributed by atoms with Crippen LogP contribution in [0.4, 0.5) is 4.79 Å². The lowest BCUT2D eigenvalue weighted by atomic mass is 10.2. The van der Waals surface area contributed by atoms with E-state index in [2.05, 4.69) is 15.7 Å². The minimum Gasteiger partial charge on any atom is -0.449 e. The normalized spacial score (nSPS) is 15.2. The summed E-state index contributed by atoms with van der Waals surface area (Å²) in [5.74, 6) is -1.31. The first-order chi connectivity index (χ1) is 9.88. The number of urea groups is 1. The molecule has 1 atom stereocenters. The van der Waals surface area contributed by atoms with Gasteiger partial charge in [-0.3, -0.25) is 14.8 Å². The molecule has 0 aliphatic heterocycles. The summed E-state index contributed by atoms with van der Waals surface area (Å²) in [7, 11) is 1.70. The molecular formula is C13H18N4O4. The van der Waals surface area contributed by atoms with E-state index in [0.29, 0.717) is 11.3 Å². The summed E-state index contributed by atoms with van der Waals surface area (Å²) in [6.07, 6.45) is 2.16. The molecule has 0 unspecified atom stereocenters. The molecule has 1 heterocycles. The Balaban J connectivity index is 1.86. The Hall–Kier alpha value is -2.38. The molecule has 0 aromatic carbocycles. The number of esters is 1. The number of hydrogen-bond donors (Lipinski definition) is 2. The van der Waals surface area contributed by atoms with E-state index in [9.17, 15) is 14.4 Å². The number of imide groups is 1. The van der Waals surface area contributed by atoms with Crippen molar-refractivity contribution in [2.45, 2.75) is 38.8 Å². The zero-order valence-electron chi connectivity index (χ0n) is 12.2. The van der Waals surface area contributed by atoms with Crippen molar-refractivity contribution in [3.05, 3.63) is 17.5 Å². The molecular weight excluding hydrogens is 276 g/mol. The molecule has 21 heavy (non-hydrogen) atoms. The number of carbonyl (C=O) groups is 3. The summed E-state index contributed by atoms with van der Waals surface area (Å²) >= 11 is 0. The van der Waals surface area contributed by atoms with E-state index in [1.807, 2.05) is 0 Å². The first kappa shape index (κ1) is 15.0. The predicted octanol–water partition coefficient (Wildman–Crippen LogP) is 0.262. The van der Waals surface area contributed by atoms with E-state index in [0.717, 1.165) is 12.8 Å². The van der Waals surface area contributed by atoms with E-state index in [-0.39, 0.29) is 6.04 Å². The summed E-state index contributed by atoms with van der Waals surface area (Å²) < 4.78 is 6.56. The first-order valence-electron chi connectivity index (χ1n) is 6.69. The number of carbonyl (C=O) groups excluding carboxylic acids is 3. The van der Waals surface area contributed by atoms with Crippen molar-refractivity contribution in [1.82, 2.24) is 20.4 Å². The Bertz CT molecular complexity index is 577. The van der Waals surface area contributed by atoms with Crippen LogP contribution in [0.5, 0.6) is 0 Å². The minimum absolute atomic E-state index is 0.147. The van der Waals surface area contributed by atoms with Crippen LogP contribution in [-0.2, 0) is 16.6 Å². The number of rotatable bonds is 4. The van der Waals surface area contributed by atoms with Gasteiger partial charge in [0.1, 0.15) is 5.56 Å². The molecule has 0 bridgehead atoms. The van der Waals surface area contributed by atoms with E-state index in [4.69, 9.17) is 4.74 Å². The second-order valence-corrected chi connectivity index (χ2v) is 5.05. The average molecular weight is 294 g/mol. The fraction of sp³-hybridized carbons (Fsp3) is 0.538. The number of nitrogens with one attached hydrogen (secondary N) is 2. The molecule has 1 fully saturated rings. The number of aromatic nitrogens is 2. The third-order valence-electron chi connectivity index (χ3n) is 3.26. The van der Waals surface area contributed by atoms with Crippen molar-refractivity contribution in [2.24, 2.45) is 7.05 Å². The van der Waals surface area contributed by atoms with Crippen LogP contribution >= 0.6 is 0 Å². The van der Waals surface area contributed by atoms with Gasteiger partial charge in [-0.15, -0.1) is 0 Å². The molecule has 2 rings (SSSR count). The molecule has 114 valence electrons. The summed E-state index contributed by atoms with van der Waals surface area (Å²) in [5, 5.41) is 8.68. The summed E-state index contributed by atoms with van der Waals surface area (Å²) in [5.41, 5.74) is 0.929. The number of ether oxygens (including phenoxy) is 1. The van der Waals surface area contributed by atoms with Crippen molar-refractivity contribution in [3.63, 3.8) is 0 Å². The van der Waals surface area contributed by atoms with Crippen molar-refractivity contribution in [3.8, 4) is 0 Å².